The summed E-state index contributed by atoms with van der Waals surface area (Å²) in [6.07, 6.45) is 0.412. The number of rotatable bonds is 5. The minimum absolute atomic E-state index is 0.108. The molecule has 0 saturated carbocycles. The molecular formula is C22H25FN6O2. The van der Waals surface area contributed by atoms with Crippen LogP contribution in [-0.2, 0) is 11.3 Å². The Labute approximate surface area is 179 Å². The van der Waals surface area contributed by atoms with Crippen LogP contribution in [0.5, 0.6) is 0 Å². The Morgan fingerprint density at radius 1 is 1.00 bits per heavy atom. The van der Waals surface area contributed by atoms with Gasteiger partial charge < -0.3 is 9.80 Å². The van der Waals surface area contributed by atoms with Crippen LogP contribution in [0.1, 0.15) is 17.8 Å². The van der Waals surface area contributed by atoms with Crippen LogP contribution in [0.25, 0.3) is 5.69 Å². The number of halogens is 1. The van der Waals surface area contributed by atoms with Gasteiger partial charge in [0.15, 0.2) is 0 Å². The van der Waals surface area contributed by atoms with Crippen molar-refractivity contribution in [3.05, 3.63) is 70.0 Å². The lowest BCUT2D eigenvalue weighted by atomic mass is 10.2. The van der Waals surface area contributed by atoms with E-state index < -0.39 is 0 Å². The van der Waals surface area contributed by atoms with Crippen molar-refractivity contribution in [1.82, 2.24) is 24.5 Å². The quantitative estimate of drug-likeness (QED) is 0.626. The Kier molecular flexibility index (Phi) is 5.83. The van der Waals surface area contributed by atoms with Gasteiger partial charge in [-0.25, -0.2) is 4.39 Å². The fraction of sp³-hybridized carbons (Fsp3) is 0.364. The first-order valence-electron chi connectivity index (χ1n) is 10.3. The Balaban J connectivity index is 1.38. The molecule has 0 unspecified atom stereocenters. The van der Waals surface area contributed by atoms with Gasteiger partial charge in [0.05, 0.1) is 11.4 Å². The van der Waals surface area contributed by atoms with Gasteiger partial charge in [0, 0.05) is 50.9 Å². The maximum absolute atomic E-state index is 13.2. The fourth-order valence-corrected chi connectivity index (χ4v) is 3.78. The van der Waals surface area contributed by atoms with E-state index in [4.69, 9.17) is 0 Å². The van der Waals surface area contributed by atoms with E-state index >= 15 is 0 Å². The van der Waals surface area contributed by atoms with E-state index in [1.165, 1.54) is 35.0 Å². The zero-order valence-electron chi connectivity index (χ0n) is 17.7. The highest BCUT2D eigenvalue weighted by atomic mass is 19.1. The Bertz CT molecular complexity index is 1130. The first-order chi connectivity index (χ1) is 14.9. The lowest BCUT2D eigenvalue weighted by molar-refractivity contribution is -0.131. The number of hydrogen-bond acceptors (Lipinski definition) is 5. The molecule has 0 bridgehead atoms. The van der Waals surface area contributed by atoms with Crippen LogP contribution in [0.3, 0.4) is 0 Å². The second kappa shape index (κ2) is 8.71. The van der Waals surface area contributed by atoms with Crippen molar-refractivity contribution >= 4 is 11.7 Å². The third kappa shape index (κ3) is 4.65. The second-order valence-corrected chi connectivity index (χ2v) is 7.69. The SMILES string of the molecule is Cc1cc(C)n(CCC(=O)N2CCN(c3ccc(=O)n(-c4ccc(F)cc4)n3)CC2)n1. The van der Waals surface area contributed by atoms with E-state index in [0.29, 0.717) is 50.6 Å². The van der Waals surface area contributed by atoms with Crippen molar-refractivity contribution in [1.29, 1.82) is 0 Å². The summed E-state index contributed by atoms with van der Waals surface area (Å²) >= 11 is 0. The number of hydrogen-bond donors (Lipinski definition) is 0. The number of aryl methyl sites for hydroxylation is 3. The maximum atomic E-state index is 13.2. The molecule has 4 rings (SSSR count). The predicted octanol–water partition coefficient (Wildman–Crippen LogP) is 1.92. The molecule has 1 aliphatic heterocycles. The van der Waals surface area contributed by atoms with Gasteiger partial charge in [-0.2, -0.15) is 9.78 Å². The molecule has 1 aliphatic rings. The normalized spacial score (nSPS) is 14.2. The molecule has 162 valence electrons. The summed E-state index contributed by atoms with van der Waals surface area (Å²) in [5.41, 5.74) is 2.23. The van der Waals surface area contributed by atoms with Crippen molar-refractivity contribution in [2.45, 2.75) is 26.8 Å². The monoisotopic (exact) mass is 424 g/mol. The van der Waals surface area contributed by atoms with E-state index in [2.05, 4.69) is 10.2 Å². The Hall–Kier alpha value is -3.49. The topological polar surface area (TPSA) is 76.3 Å². The van der Waals surface area contributed by atoms with E-state index in [9.17, 15) is 14.0 Å². The molecule has 3 heterocycles. The fourth-order valence-electron chi connectivity index (χ4n) is 3.78. The number of piperazine rings is 1. The highest BCUT2D eigenvalue weighted by Crippen LogP contribution is 2.15. The molecule has 0 aliphatic carbocycles. The van der Waals surface area contributed by atoms with Crippen LogP contribution in [0, 0.1) is 19.7 Å². The summed E-state index contributed by atoms with van der Waals surface area (Å²) in [5, 5.41) is 8.85. The number of aromatic nitrogens is 4. The molecule has 3 aromatic rings. The van der Waals surface area contributed by atoms with Gasteiger partial charge in [-0.15, -0.1) is 5.10 Å². The molecule has 31 heavy (non-hydrogen) atoms. The zero-order valence-corrected chi connectivity index (χ0v) is 17.7. The number of amides is 1. The van der Waals surface area contributed by atoms with Crippen molar-refractivity contribution in [2.75, 3.05) is 31.1 Å². The minimum atomic E-state index is -0.369. The first kappa shape index (κ1) is 20.8. The first-order valence-corrected chi connectivity index (χ1v) is 10.3. The van der Waals surface area contributed by atoms with Gasteiger partial charge in [-0.1, -0.05) is 0 Å². The average molecular weight is 424 g/mol. The molecule has 0 N–H and O–H groups in total. The smallest absolute Gasteiger partial charge is 0.271 e. The van der Waals surface area contributed by atoms with Crippen LogP contribution in [0.4, 0.5) is 10.2 Å². The minimum Gasteiger partial charge on any atom is -0.352 e. The van der Waals surface area contributed by atoms with Gasteiger partial charge in [0.2, 0.25) is 5.91 Å². The molecule has 8 nitrogen and oxygen atoms in total. The molecule has 9 heteroatoms. The summed E-state index contributed by atoms with van der Waals surface area (Å²) in [5.74, 6) is 0.390. The number of carbonyl (C=O) groups excluding carboxylic acids is 1. The molecule has 1 saturated heterocycles. The van der Waals surface area contributed by atoms with Crippen LogP contribution < -0.4 is 10.5 Å². The summed E-state index contributed by atoms with van der Waals surface area (Å²) < 4.78 is 16.3. The Morgan fingerprint density at radius 3 is 2.35 bits per heavy atom. The van der Waals surface area contributed by atoms with Gasteiger partial charge in [-0.05, 0) is 50.2 Å². The summed E-state index contributed by atoms with van der Waals surface area (Å²) in [7, 11) is 0. The maximum Gasteiger partial charge on any atom is 0.271 e. The van der Waals surface area contributed by atoms with E-state index in [-0.39, 0.29) is 17.3 Å². The van der Waals surface area contributed by atoms with Crippen molar-refractivity contribution in [2.24, 2.45) is 0 Å². The molecule has 1 fully saturated rings. The third-order valence-corrected chi connectivity index (χ3v) is 5.45. The number of benzene rings is 1. The third-order valence-electron chi connectivity index (χ3n) is 5.45. The summed E-state index contributed by atoms with van der Waals surface area (Å²) in [6, 6.07) is 10.8. The van der Waals surface area contributed by atoms with E-state index in [1.54, 1.807) is 6.07 Å². The molecule has 1 aromatic carbocycles. The lowest BCUT2D eigenvalue weighted by Crippen LogP contribution is -2.49. The molecule has 0 atom stereocenters. The Morgan fingerprint density at radius 2 is 1.71 bits per heavy atom. The van der Waals surface area contributed by atoms with Crippen molar-refractivity contribution in [3.8, 4) is 5.69 Å². The highest BCUT2D eigenvalue weighted by Gasteiger charge is 2.22. The summed E-state index contributed by atoms with van der Waals surface area (Å²) in [6.45, 7) is 6.93. The van der Waals surface area contributed by atoms with Crippen LogP contribution in [0.15, 0.2) is 47.3 Å². The molecular weight excluding hydrogens is 399 g/mol. The number of anilines is 1. The summed E-state index contributed by atoms with van der Waals surface area (Å²) in [4.78, 5) is 28.7. The lowest BCUT2D eigenvalue weighted by Gasteiger charge is -2.35. The van der Waals surface area contributed by atoms with Crippen LogP contribution in [0.2, 0.25) is 0 Å². The second-order valence-electron chi connectivity index (χ2n) is 7.69. The van der Waals surface area contributed by atoms with Gasteiger partial charge in [-0.3, -0.25) is 14.3 Å². The van der Waals surface area contributed by atoms with Gasteiger partial charge in [0.25, 0.3) is 5.56 Å². The molecule has 0 radical (unpaired) electrons. The largest absolute Gasteiger partial charge is 0.352 e. The van der Waals surface area contributed by atoms with Crippen molar-refractivity contribution < 1.29 is 9.18 Å². The number of nitrogens with zero attached hydrogens (tertiary/aromatic N) is 6. The van der Waals surface area contributed by atoms with Crippen molar-refractivity contribution in [3.63, 3.8) is 0 Å². The number of carbonyl (C=O) groups is 1. The van der Waals surface area contributed by atoms with E-state index in [1.807, 2.05) is 34.4 Å². The predicted molar refractivity (Wildman–Crippen MR) is 115 cm³/mol. The molecule has 2 aromatic heterocycles. The van der Waals surface area contributed by atoms with E-state index in [0.717, 1.165) is 11.4 Å². The molecule has 0 spiro atoms. The van der Waals surface area contributed by atoms with Crippen LogP contribution in [-0.4, -0.2) is 56.5 Å². The standard InChI is InChI=1S/C22H25FN6O2/c1-16-15-17(2)28(24-16)10-9-21(30)27-13-11-26(12-14-27)20-7-8-22(31)29(25-20)19-5-3-18(23)4-6-19/h3-8,15H,9-14H2,1-2H3. The van der Waals surface area contributed by atoms with Gasteiger partial charge >= 0.3 is 0 Å². The molecule has 1 amide bonds. The zero-order chi connectivity index (χ0) is 22.0. The van der Waals surface area contributed by atoms with Crippen LogP contribution >= 0.6 is 0 Å². The highest BCUT2D eigenvalue weighted by molar-refractivity contribution is 5.76. The van der Waals surface area contributed by atoms with Gasteiger partial charge in [0.1, 0.15) is 11.6 Å². The average Bonchev–Trinajstić information content (AvgIpc) is 3.10.